The van der Waals surface area contributed by atoms with Crippen molar-refractivity contribution >= 4 is 9.68 Å². The van der Waals surface area contributed by atoms with Crippen LogP contribution in [0.4, 0.5) is 0 Å². The maximum atomic E-state index is 3.39. The van der Waals surface area contributed by atoms with Crippen LogP contribution < -0.4 is 4.98 Å². The second-order valence-corrected chi connectivity index (χ2v) is 4.74. The molecule has 0 unspecified atom stereocenters. The zero-order valence-electron chi connectivity index (χ0n) is 5.49. The highest BCUT2D eigenvalue weighted by Crippen LogP contribution is 1.91. The maximum absolute atomic E-state index is 3.39. The molecule has 0 amide bonds. The van der Waals surface area contributed by atoms with Gasteiger partial charge < -0.3 is 4.98 Å². The first kappa shape index (κ1) is 7.18. The maximum Gasteiger partial charge on any atom is 0.0941 e. The van der Waals surface area contributed by atoms with Gasteiger partial charge in [-0.25, -0.2) is 0 Å². The lowest BCUT2D eigenvalue weighted by Gasteiger charge is -2.00. The van der Waals surface area contributed by atoms with Crippen molar-refractivity contribution in [1.29, 1.82) is 0 Å². The normalized spacial score (nSPS) is 12.0. The van der Waals surface area contributed by atoms with E-state index in [1.807, 2.05) is 0 Å². The third kappa shape index (κ3) is 6.18. The Morgan fingerprint density at radius 1 is 1.57 bits per heavy atom. The first-order chi connectivity index (χ1) is 3.27. The van der Waals surface area contributed by atoms with Crippen LogP contribution in [0.15, 0.2) is 0 Å². The summed E-state index contributed by atoms with van der Waals surface area (Å²) >= 11 is 0. The van der Waals surface area contributed by atoms with Gasteiger partial charge in [0.15, 0.2) is 0 Å². The summed E-state index contributed by atoms with van der Waals surface area (Å²) in [5, 5.41) is 0. The molecule has 0 aliphatic carbocycles. The monoisotopic (exact) mass is 117 g/mol. The van der Waals surface area contributed by atoms with Crippen molar-refractivity contribution in [1.82, 2.24) is 4.98 Å². The van der Waals surface area contributed by atoms with E-state index in [0.29, 0.717) is 0 Å². The van der Waals surface area contributed by atoms with Crippen LogP contribution in [-0.4, -0.2) is 16.2 Å². The van der Waals surface area contributed by atoms with Gasteiger partial charge in [-0.15, -0.1) is 0 Å². The minimum Gasteiger partial charge on any atom is -0.342 e. The smallest absolute Gasteiger partial charge is 0.0941 e. The van der Waals surface area contributed by atoms with Crippen LogP contribution in [-0.2, 0) is 0 Å². The van der Waals surface area contributed by atoms with Crippen molar-refractivity contribution in [2.24, 2.45) is 0 Å². The second-order valence-electron chi connectivity index (χ2n) is 2.20. The number of nitrogens with one attached hydrogen (secondary N) is 1. The molecule has 0 aliphatic rings. The molecule has 44 valence electrons. The molecule has 0 bridgehead atoms. The molecule has 2 heteroatoms. The first-order valence-corrected chi connectivity index (χ1v) is 4.50. The highest BCUT2D eigenvalue weighted by Gasteiger charge is 1.88. The standard InChI is InChI=1S/C5H15NSi/c1-4-6-7-5(2)3/h5-6H,4,7H2,1-3H3. The van der Waals surface area contributed by atoms with E-state index in [0.717, 1.165) is 12.1 Å². The molecular formula is C5H15NSi. The zero-order chi connectivity index (χ0) is 5.70. The predicted octanol–water partition coefficient (Wildman–Crippen LogP) is 0.508. The Bertz CT molecular complexity index is 37.1. The van der Waals surface area contributed by atoms with Gasteiger partial charge in [0.05, 0.1) is 9.68 Å². The van der Waals surface area contributed by atoms with Crippen molar-refractivity contribution in [3.63, 3.8) is 0 Å². The van der Waals surface area contributed by atoms with E-state index in [1.165, 1.54) is 0 Å². The average molecular weight is 117 g/mol. The van der Waals surface area contributed by atoms with E-state index in [4.69, 9.17) is 0 Å². The number of hydrogen-bond donors (Lipinski definition) is 1. The minimum atomic E-state index is 0.0961. The summed E-state index contributed by atoms with van der Waals surface area (Å²) < 4.78 is 0. The Morgan fingerprint density at radius 3 is 2.29 bits per heavy atom. The van der Waals surface area contributed by atoms with Crippen LogP contribution >= 0.6 is 0 Å². The van der Waals surface area contributed by atoms with Crippen LogP contribution in [0, 0.1) is 0 Å². The van der Waals surface area contributed by atoms with Crippen molar-refractivity contribution in [3.05, 3.63) is 0 Å². The van der Waals surface area contributed by atoms with Gasteiger partial charge in [-0.2, -0.15) is 0 Å². The third-order valence-electron chi connectivity index (χ3n) is 0.803. The lowest BCUT2D eigenvalue weighted by atomic mass is 10.6. The predicted molar refractivity (Wildman–Crippen MR) is 37.3 cm³/mol. The minimum absolute atomic E-state index is 0.0961. The van der Waals surface area contributed by atoms with E-state index in [1.54, 1.807) is 0 Å². The summed E-state index contributed by atoms with van der Waals surface area (Å²) in [7, 11) is 0.0961. The molecular weight excluding hydrogens is 102 g/mol. The van der Waals surface area contributed by atoms with Crippen LogP contribution in [0.3, 0.4) is 0 Å². The molecule has 0 aromatic carbocycles. The topological polar surface area (TPSA) is 12.0 Å². The largest absolute Gasteiger partial charge is 0.342 e. The van der Waals surface area contributed by atoms with Crippen LogP contribution in [0.25, 0.3) is 0 Å². The van der Waals surface area contributed by atoms with Gasteiger partial charge in [-0.1, -0.05) is 20.8 Å². The van der Waals surface area contributed by atoms with Gasteiger partial charge in [-0.3, -0.25) is 0 Å². The molecule has 0 aromatic heterocycles. The third-order valence-corrected chi connectivity index (χ3v) is 2.41. The van der Waals surface area contributed by atoms with Gasteiger partial charge in [0.25, 0.3) is 0 Å². The van der Waals surface area contributed by atoms with Crippen molar-refractivity contribution in [2.45, 2.75) is 26.3 Å². The number of hydrogen-bond acceptors (Lipinski definition) is 1. The lowest BCUT2D eigenvalue weighted by molar-refractivity contribution is 0.944. The van der Waals surface area contributed by atoms with E-state index in [2.05, 4.69) is 25.8 Å². The van der Waals surface area contributed by atoms with Gasteiger partial charge in [0, 0.05) is 0 Å². The Hall–Kier alpha value is 0.177. The molecule has 0 aliphatic heterocycles. The highest BCUT2D eigenvalue weighted by atomic mass is 28.2. The van der Waals surface area contributed by atoms with Crippen molar-refractivity contribution in [2.75, 3.05) is 6.54 Å². The van der Waals surface area contributed by atoms with Crippen molar-refractivity contribution in [3.8, 4) is 0 Å². The molecule has 7 heavy (non-hydrogen) atoms. The summed E-state index contributed by atoms with van der Waals surface area (Å²) in [5.41, 5.74) is 0.931. The van der Waals surface area contributed by atoms with Crippen LogP contribution in [0.2, 0.25) is 5.54 Å². The molecule has 0 aromatic rings. The Labute approximate surface area is 48.4 Å². The summed E-state index contributed by atoms with van der Waals surface area (Å²) in [5.74, 6) is 0. The summed E-state index contributed by atoms with van der Waals surface area (Å²) in [6.07, 6.45) is 0. The van der Waals surface area contributed by atoms with Crippen LogP contribution in [0.1, 0.15) is 20.8 Å². The van der Waals surface area contributed by atoms with Gasteiger partial charge >= 0.3 is 0 Å². The fourth-order valence-electron chi connectivity index (χ4n) is 0.433. The zero-order valence-corrected chi connectivity index (χ0v) is 6.91. The fraction of sp³-hybridized carbons (Fsp3) is 1.00. The summed E-state index contributed by atoms with van der Waals surface area (Å²) in [6.45, 7) is 7.86. The van der Waals surface area contributed by atoms with Gasteiger partial charge in [0.2, 0.25) is 0 Å². The first-order valence-electron chi connectivity index (χ1n) is 2.98. The Morgan fingerprint density at radius 2 is 2.14 bits per heavy atom. The molecule has 0 heterocycles. The second kappa shape index (κ2) is 4.34. The fourth-order valence-corrected chi connectivity index (χ4v) is 1.30. The summed E-state index contributed by atoms with van der Waals surface area (Å²) in [4.78, 5) is 3.39. The molecule has 1 nitrogen and oxygen atoms in total. The summed E-state index contributed by atoms with van der Waals surface area (Å²) in [6, 6.07) is 0. The SMILES string of the molecule is CCN[SiH2]C(C)C. The molecule has 1 N–H and O–H groups in total. The van der Waals surface area contributed by atoms with Crippen LogP contribution in [0.5, 0.6) is 0 Å². The van der Waals surface area contributed by atoms with E-state index in [9.17, 15) is 0 Å². The molecule has 0 fully saturated rings. The highest BCUT2D eigenvalue weighted by molar-refractivity contribution is 6.33. The average Bonchev–Trinajstić information content (AvgIpc) is 1.61. The van der Waals surface area contributed by atoms with Gasteiger partial charge in [-0.05, 0) is 12.1 Å². The van der Waals surface area contributed by atoms with E-state index >= 15 is 0 Å². The molecule has 0 saturated carbocycles. The van der Waals surface area contributed by atoms with E-state index < -0.39 is 0 Å². The van der Waals surface area contributed by atoms with Crippen molar-refractivity contribution < 1.29 is 0 Å². The molecule has 0 radical (unpaired) electrons. The molecule has 0 spiro atoms. The molecule has 0 atom stereocenters. The number of rotatable bonds is 3. The molecule has 0 saturated heterocycles. The Kier molecular flexibility index (Phi) is 4.45. The van der Waals surface area contributed by atoms with Gasteiger partial charge in [0.1, 0.15) is 0 Å². The lowest BCUT2D eigenvalue weighted by Crippen LogP contribution is -2.20. The quantitative estimate of drug-likeness (QED) is 0.531. The van der Waals surface area contributed by atoms with E-state index in [-0.39, 0.29) is 9.68 Å². The Balaban J connectivity index is 2.68. The molecule has 0 rings (SSSR count).